The largest absolute Gasteiger partial charge is 0.370 e. The third-order valence-electron chi connectivity index (χ3n) is 12.9. The summed E-state index contributed by atoms with van der Waals surface area (Å²) in [6.45, 7) is 7.84. The number of aliphatic imine (C=N–C) groups is 2. The number of carbonyl (C=O) groups excluding carboxylic acids is 12. The summed E-state index contributed by atoms with van der Waals surface area (Å²) in [4.78, 5) is 183. The van der Waals surface area contributed by atoms with Crippen molar-refractivity contribution in [2.75, 3.05) is 19.3 Å². The van der Waals surface area contributed by atoms with Gasteiger partial charge in [-0.05, 0) is 85.1 Å². The van der Waals surface area contributed by atoms with Crippen LogP contribution in [0.5, 0.6) is 0 Å². The van der Waals surface area contributed by atoms with Crippen molar-refractivity contribution < 1.29 is 57.5 Å². The van der Waals surface area contributed by atoms with Crippen molar-refractivity contribution in [3.63, 3.8) is 0 Å². The molecule has 4 rings (SSSR count). The molecule has 0 radical (unpaired) electrons. The summed E-state index contributed by atoms with van der Waals surface area (Å²) in [5, 5.41) is 29.0. The Hall–Kier alpha value is -9.15. The van der Waals surface area contributed by atoms with Crippen molar-refractivity contribution in [3.8, 4) is 0 Å². The second-order valence-corrected chi connectivity index (χ2v) is 22.5. The lowest BCUT2D eigenvalue weighted by Gasteiger charge is -2.26. The minimum atomic E-state index is -1.55. The normalized spacial score (nSPS) is 25.5. The molecule has 1 saturated heterocycles. The Morgan fingerprint density at radius 3 is 1.40 bits per heavy atom. The number of imidazole rings is 1. The highest BCUT2D eigenvalue weighted by Crippen LogP contribution is 2.23. The van der Waals surface area contributed by atoms with Crippen LogP contribution in [-0.4, -0.2) is 183 Å². The minimum Gasteiger partial charge on any atom is -0.370 e. The average molecular weight is 1240 g/mol. The molecule has 1 aliphatic rings. The number of benzene rings is 1. The first-order chi connectivity index (χ1) is 40.7. The van der Waals surface area contributed by atoms with Crippen molar-refractivity contribution >= 4 is 115 Å². The van der Waals surface area contributed by atoms with E-state index in [2.05, 4.69) is 88.7 Å². The molecule has 470 valence electrons. The molecule has 3 heterocycles. The van der Waals surface area contributed by atoms with E-state index >= 15 is 0 Å². The molecule has 3 aromatic rings. The molecule has 22 N–H and O–H groups in total. The highest BCUT2D eigenvalue weighted by molar-refractivity contribution is 8.76. The molecular weight excluding hydrogens is 1160 g/mol. The van der Waals surface area contributed by atoms with Gasteiger partial charge in [-0.2, -0.15) is 0 Å². The van der Waals surface area contributed by atoms with Gasteiger partial charge in [0.1, 0.15) is 60.4 Å². The Kier molecular flexibility index (Phi) is 27.4. The number of H-pyrrole nitrogens is 2. The summed E-state index contributed by atoms with van der Waals surface area (Å²) in [7, 11) is 1.94. The summed E-state index contributed by atoms with van der Waals surface area (Å²) in [6, 6.07) is -7.95. The lowest BCUT2D eigenvalue weighted by Crippen LogP contribution is -2.60. The van der Waals surface area contributed by atoms with E-state index in [0.717, 1.165) is 21.6 Å². The fraction of sp³-hybridized carbons (Fsp3) is 0.510. The Morgan fingerprint density at radius 2 is 0.907 bits per heavy atom. The molecular formula is C51H77N21O12S2. The van der Waals surface area contributed by atoms with Crippen LogP contribution in [0.25, 0.3) is 10.9 Å². The molecule has 86 heavy (non-hydrogen) atoms. The number of nitrogens with two attached hydrogens (primary N) is 4. The first kappa shape index (κ1) is 69.3. The summed E-state index contributed by atoms with van der Waals surface area (Å²) >= 11 is 0. The van der Waals surface area contributed by atoms with Crippen LogP contribution in [0.2, 0.25) is 0 Å². The van der Waals surface area contributed by atoms with Gasteiger partial charge in [0.25, 0.3) is 11.8 Å². The van der Waals surface area contributed by atoms with Crippen LogP contribution in [0.3, 0.4) is 0 Å². The zero-order chi connectivity index (χ0) is 63.8. The summed E-state index contributed by atoms with van der Waals surface area (Å²) < 4.78 is 0. The third kappa shape index (κ3) is 22.4. The molecule has 1 aliphatic heterocycles. The SMILES string of the molecule is CSSC1NC(=O)[C@H](CCCN=C(N)N)NC(=O)[C@H](C)NC(=O)[C@H](C)NC(=O)[C@H](C)NC(=O)[C@H](C)NC(=O)[C@H](C)NC(=O)[C@H](Cc2c[nH]c3ccccc23)NC(=O)[C@H](CCCN=C(N)N)NC(=O)NC(=O)[C@H](Cc2cnc[nH]2)NC(=O)[C@H](C)NC1=O. The quantitative estimate of drug-likeness (QED) is 0.0311. The van der Waals surface area contributed by atoms with Crippen LogP contribution >= 0.6 is 21.6 Å². The maximum Gasteiger partial charge on any atom is 0.322 e. The van der Waals surface area contributed by atoms with Gasteiger partial charge in [-0.3, -0.25) is 68.0 Å². The van der Waals surface area contributed by atoms with Crippen LogP contribution in [0.4, 0.5) is 4.79 Å². The molecule has 33 nitrogen and oxygen atoms in total. The number of amides is 13. The standard InChI is InChI=1S/C51H77N21O12S2/c1-23-37(73)62-25(3)39(75)64-27(5)41(77)67-33(14-10-16-57-49(52)53)44(80)71-48(86-85-7)47(83)66-28(6)42(78)68-36(19-30-21-56-22-60-30)46(82)72-51(84)70-34(15-11-17-58-50(54)55)43(79)69-35(18-29-20-59-32-13-9-8-12-31(29)32)45(81)65-26(4)40(76)63-24(2)38(74)61-23/h8-9,12-13,20-28,33-36,48,59H,10-11,14-19H2,1-7H3,(H,56,60)(H,61,74)(H,62,73)(H,63,76)(H,64,75)(H,65,81)(H,66,83)(H,67,77)(H,68,78)(H,69,79)(H,71,80)(H4,52,53,57)(H4,54,55,58)(H2,70,72,82,84)/t23-,24-,25-,26-,27-,28-,33-,34-,35-,36-,48?/m0/s1. The molecule has 1 unspecified atom stereocenters. The number of aromatic nitrogens is 3. The molecule has 0 spiro atoms. The van der Waals surface area contributed by atoms with Crippen molar-refractivity contribution in [3.05, 3.63) is 54.2 Å². The number of carbonyl (C=O) groups is 12. The Bertz CT molecular complexity index is 2970. The highest BCUT2D eigenvalue weighted by Gasteiger charge is 2.35. The van der Waals surface area contributed by atoms with Crippen molar-refractivity contribution in [2.45, 2.75) is 146 Å². The van der Waals surface area contributed by atoms with Gasteiger partial charge in [-0.25, -0.2) is 9.78 Å². The molecule has 35 heteroatoms. The number of aromatic amines is 2. The minimum absolute atomic E-state index is 0.0172. The van der Waals surface area contributed by atoms with Gasteiger partial charge >= 0.3 is 6.03 Å². The Labute approximate surface area is 502 Å². The smallest absolute Gasteiger partial charge is 0.322 e. The van der Waals surface area contributed by atoms with E-state index in [1.807, 2.05) is 0 Å². The molecule has 1 aromatic carbocycles. The number of nitrogens with zero attached hydrogens (tertiary/aromatic N) is 3. The van der Waals surface area contributed by atoms with Crippen LogP contribution in [-0.2, 0) is 65.6 Å². The van der Waals surface area contributed by atoms with Gasteiger partial charge < -0.3 is 91.4 Å². The maximum atomic E-state index is 14.4. The number of hydrogen-bond acceptors (Lipinski definition) is 17. The zero-order valence-electron chi connectivity index (χ0n) is 48.4. The number of imide groups is 1. The van der Waals surface area contributed by atoms with E-state index < -0.39 is 137 Å². The van der Waals surface area contributed by atoms with E-state index in [4.69, 9.17) is 22.9 Å². The fourth-order valence-corrected chi connectivity index (χ4v) is 9.66. The van der Waals surface area contributed by atoms with Gasteiger partial charge in [0.15, 0.2) is 17.3 Å². The van der Waals surface area contributed by atoms with E-state index in [1.54, 1.807) is 36.7 Å². The number of para-hydroxylation sites is 1. The monoisotopic (exact) mass is 1240 g/mol. The van der Waals surface area contributed by atoms with Crippen LogP contribution in [0.1, 0.15) is 78.5 Å². The fourth-order valence-electron chi connectivity index (χ4n) is 8.17. The van der Waals surface area contributed by atoms with E-state index in [0.29, 0.717) is 22.2 Å². The number of fused-ring (bicyclic) bond motifs is 1. The summed E-state index contributed by atoms with van der Waals surface area (Å²) in [5.74, 6) is -10.3. The average Bonchev–Trinajstić information content (AvgIpc) is 3.79. The van der Waals surface area contributed by atoms with E-state index in [1.165, 1.54) is 54.1 Å². The van der Waals surface area contributed by atoms with Crippen molar-refractivity contribution in [1.29, 1.82) is 0 Å². The number of guanidine groups is 2. The predicted molar refractivity (Wildman–Crippen MR) is 319 cm³/mol. The summed E-state index contributed by atoms with van der Waals surface area (Å²) in [6.07, 6.45) is 5.39. The van der Waals surface area contributed by atoms with Gasteiger partial charge in [-0.1, -0.05) is 39.8 Å². The van der Waals surface area contributed by atoms with Crippen molar-refractivity contribution in [2.24, 2.45) is 32.9 Å². The van der Waals surface area contributed by atoms with Crippen LogP contribution < -0.4 is 86.7 Å². The number of nitrogens with one attached hydrogen (secondary N) is 14. The second kappa shape index (κ2) is 34.0. The second-order valence-electron chi connectivity index (χ2n) is 20.0. The van der Waals surface area contributed by atoms with Crippen LogP contribution in [0.15, 0.2) is 53.0 Å². The molecule has 13 amide bonds. The molecule has 0 aliphatic carbocycles. The lowest BCUT2D eigenvalue weighted by molar-refractivity contribution is -0.135. The predicted octanol–water partition coefficient (Wildman–Crippen LogP) is -5.07. The topological polar surface area (TPSA) is 522 Å². The number of hydrogen-bond donors (Lipinski definition) is 18. The molecule has 0 saturated carbocycles. The van der Waals surface area contributed by atoms with E-state index in [9.17, 15) is 57.5 Å². The van der Waals surface area contributed by atoms with Gasteiger partial charge in [0, 0.05) is 54.9 Å². The molecule has 0 bridgehead atoms. The lowest BCUT2D eigenvalue weighted by atomic mass is 10.0. The Balaban J connectivity index is 1.71. The third-order valence-corrected chi connectivity index (χ3v) is 14.8. The first-order valence-corrected chi connectivity index (χ1v) is 29.8. The molecule has 11 atom stereocenters. The van der Waals surface area contributed by atoms with Gasteiger partial charge in [0.2, 0.25) is 53.2 Å². The summed E-state index contributed by atoms with van der Waals surface area (Å²) in [5.41, 5.74) is 23.6. The maximum absolute atomic E-state index is 14.4. The van der Waals surface area contributed by atoms with Crippen LogP contribution in [0, 0.1) is 0 Å². The number of urea groups is 1. The molecule has 2 aromatic heterocycles. The Morgan fingerprint density at radius 1 is 0.488 bits per heavy atom. The first-order valence-electron chi connectivity index (χ1n) is 27.1. The van der Waals surface area contributed by atoms with E-state index in [-0.39, 0.29) is 63.5 Å². The van der Waals surface area contributed by atoms with Gasteiger partial charge in [0.05, 0.1) is 6.33 Å². The number of rotatable bonds is 14. The molecule has 1 fully saturated rings. The van der Waals surface area contributed by atoms with Crippen molar-refractivity contribution in [1.82, 2.24) is 78.8 Å². The highest BCUT2D eigenvalue weighted by atomic mass is 33.1. The zero-order valence-corrected chi connectivity index (χ0v) is 50.0. The van der Waals surface area contributed by atoms with Gasteiger partial charge in [-0.15, -0.1) is 0 Å².